The zero-order valence-corrected chi connectivity index (χ0v) is 14.9. The fourth-order valence-electron chi connectivity index (χ4n) is 2.82. The second kappa shape index (κ2) is 7.60. The molecule has 0 radical (unpaired) electrons. The van der Waals surface area contributed by atoms with E-state index in [0.29, 0.717) is 0 Å². The first-order valence-electron chi connectivity index (χ1n) is 7.63. The second-order valence-corrected chi connectivity index (χ2v) is 7.06. The molecule has 0 aliphatic carbocycles. The number of hydrogen-bond acceptors (Lipinski definition) is 2. The largest absolute Gasteiger partial charge is 0.297 e. The van der Waals surface area contributed by atoms with Crippen LogP contribution in [0.1, 0.15) is 11.1 Å². The minimum absolute atomic E-state index is 0.807. The molecule has 1 aliphatic heterocycles. The van der Waals surface area contributed by atoms with Crippen molar-refractivity contribution in [1.29, 1.82) is 0 Å². The van der Waals surface area contributed by atoms with Crippen molar-refractivity contribution in [3.63, 3.8) is 0 Å². The summed E-state index contributed by atoms with van der Waals surface area (Å²) in [7, 11) is 0. The predicted octanol–water partition coefficient (Wildman–Crippen LogP) is 4.42. The number of nitrogens with zero attached hydrogens (tertiary/aromatic N) is 2. The first-order chi connectivity index (χ1) is 10.7. The van der Waals surface area contributed by atoms with E-state index in [0.717, 1.165) is 44.3 Å². The average Bonchev–Trinajstić information content (AvgIpc) is 2.54. The van der Waals surface area contributed by atoms with E-state index in [-0.39, 0.29) is 0 Å². The van der Waals surface area contributed by atoms with E-state index in [1.165, 1.54) is 15.6 Å². The molecule has 2 aromatic rings. The number of piperazine rings is 1. The van der Waals surface area contributed by atoms with Gasteiger partial charge in [0.05, 0.1) is 0 Å². The third-order valence-electron chi connectivity index (χ3n) is 4.14. The highest BCUT2D eigenvalue weighted by Crippen LogP contribution is 2.19. The van der Waals surface area contributed by atoms with Crippen LogP contribution < -0.4 is 0 Å². The lowest BCUT2D eigenvalue weighted by Gasteiger charge is -2.35. The SMILES string of the molecule is Clc1ccc(CN2CCN(Cc3ccccc3Br)CC2)cc1. The Morgan fingerprint density at radius 3 is 2.05 bits per heavy atom. The van der Waals surface area contributed by atoms with Crippen LogP contribution in [0.4, 0.5) is 0 Å². The third-order valence-corrected chi connectivity index (χ3v) is 5.16. The van der Waals surface area contributed by atoms with Gasteiger partial charge in [0.2, 0.25) is 0 Å². The lowest BCUT2D eigenvalue weighted by Crippen LogP contribution is -2.45. The molecule has 0 aromatic heterocycles. The Morgan fingerprint density at radius 2 is 1.41 bits per heavy atom. The van der Waals surface area contributed by atoms with E-state index in [1.54, 1.807) is 0 Å². The molecule has 0 amide bonds. The first kappa shape index (κ1) is 16.0. The van der Waals surface area contributed by atoms with Gasteiger partial charge in [-0.15, -0.1) is 0 Å². The van der Waals surface area contributed by atoms with Crippen molar-refractivity contribution in [2.45, 2.75) is 13.1 Å². The highest BCUT2D eigenvalue weighted by molar-refractivity contribution is 9.10. The molecule has 0 unspecified atom stereocenters. The average molecular weight is 380 g/mol. The van der Waals surface area contributed by atoms with Gasteiger partial charge in [0.25, 0.3) is 0 Å². The van der Waals surface area contributed by atoms with Crippen molar-refractivity contribution >= 4 is 27.5 Å². The zero-order chi connectivity index (χ0) is 15.4. The maximum atomic E-state index is 5.94. The maximum Gasteiger partial charge on any atom is 0.0406 e. The fraction of sp³-hybridized carbons (Fsp3) is 0.333. The summed E-state index contributed by atoms with van der Waals surface area (Å²) in [5.74, 6) is 0. The standard InChI is InChI=1S/C18H20BrClN2/c19-18-4-2-1-3-16(18)14-22-11-9-21(10-12-22)13-15-5-7-17(20)8-6-15/h1-8H,9-14H2. The maximum absolute atomic E-state index is 5.94. The number of hydrogen-bond donors (Lipinski definition) is 0. The van der Waals surface area contributed by atoms with Crippen LogP contribution in [0.15, 0.2) is 53.0 Å². The van der Waals surface area contributed by atoms with Crippen molar-refractivity contribution in [3.05, 3.63) is 69.2 Å². The van der Waals surface area contributed by atoms with E-state index in [1.807, 2.05) is 12.1 Å². The summed E-state index contributed by atoms with van der Waals surface area (Å²) in [6.07, 6.45) is 0. The van der Waals surface area contributed by atoms with Gasteiger partial charge in [0, 0.05) is 48.8 Å². The molecule has 0 N–H and O–H groups in total. The lowest BCUT2D eigenvalue weighted by molar-refractivity contribution is 0.122. The molecule has 0 atom stereocenters. The molecular weight excluding hydrogens is 360 g/mol. The summed E-state index contributed by atoms with van der Waals surface area (Å²) in [5, 5.41) is 0.807. The van der Waals surface area contributed by atoms with Crippen LogP contribution in [0.2, 0.25) is 5.02 Å². The topological polar surface area (TPSA) is 6.48 Å². The zero-order valence-electron chi connectivity index (χ0n) is 12.5. The molecule has 0 saturated carbocycles. The minimum Gasteiger partial charge on any atom is -0.297 e. The van der Waals surface area contributed by atoms with Crippen LogP contribution in [0.25, 0.3) is 0 Å². The number of rotatable bonds is 4. The van der Waals surface area contributed by atoms with Gasteiger partial charge >= 0.3 is 0 Å². The Kier molecular flexibility index (Phi) is 5.53. The van der Waals surface area contributed by atoms with Crippen LogP contribution >= 0.6 is 27.5 Å². The highest BCUT2D eigenvalue weighted by atomic mass is 79.9. The van der Waals surface area contributed by atoms with Crippen molar-refractivity contribution in [2.75, 3.05) is 26.2 Å². The third kappa shape index (κ3) is 4.32. The van der Waals surface area contributed by atoms with E-state index in [9.17, 15) is 0 Å². The molecule has 1 fully saturated rings. The molecule has 1 saturated heterocycles. The molecule has 2 aromatic carbocycles. The van der Waals surface area contributed by atoms with Crippen LogP contribution in [0.3, 0.4) is 0 Å². The van der Waals surface area contributed by atoms with E-state index in [2.05, 4.69) is 62.1 Å². The Hall–Kier alpha value is -0.870. The monoisotopic (exact) mass is 378 g/mol. The van der Waals surface area contributed by atoms with E-state index < -0.39 is 0 Å². The molecule has 116 valence electrons. The van der Waals surface area contributed by atoms with E-state index in [4.69, 9.17) is 11.6 Å². The van der Waals surface area contributed by atoms with Gasteiger partial charge in [-0.3, -0.25) is 9.80 Å². The van der Waals surface area contributed by atoms with Crippen LogP contribution in [-0.4, -0.2) is 36.0 Å². The van der Waals surface area contributed by atoms with Gasteiger partial charge < -0.3 is 0 Å². The molecule has 4 heteroatoms. The first-order valence-corrected chi connectivity index (χ1v) is 8.80. The number of halogens is 2. The summed E-state index contributed by atoms with van der Waals surface area (Å²) in [6.45, 7) is 6.51. The molecule has 3 rings (SSSR count). The minimum atomic E-state index is 0.807. The van der Waals surface area contributed by atoms with Gasteiger partial charge in [-0.1, -0.05) is 57.9 Å². The van der Waals surface area contributed by atoms with Crippen LogP contribution in [0, 0.1) is 0 Å². The summed E-state index contributed by atoms with van der Waals surface area (Å²) in [6, 6.07) is 16.7. The predicted molar refractivity (Wildman–Crippen MR) is 96.1 cm³/mol. The highest BCUT2D eigenvalue weighted by Gasteiger charge is 2.17. The summed E-state index contributed by atoms with van der Waals surface area (Å²) in [5.41, 5.74) is 2.71. The summed E-state index contributed by atoms with van der Waals surface area (Å²) < 4.78 is 1.21. The molecule has 1 aliphatic rings. The van der Waals surface area contributed by atoms with Crippen LogP contribution in [-0.2, 0) is 13.1 Å². The van der Waals surface area contributed by atoms with Gasteiger partial charge in [0.1, 0.15) is 0 Å². The van der Waals surface area contributed by atoms with Gasteiger partial charge in [0.15, 0.2) is 0 Å². The van der Waals surface area contributed by atoms with Crippen molar-refractivity contribution in [1.82, 2.24) is 9.80 Å². The van der Waals surface area contributed by atoms with Crippen LogP contribution in [0.5, 0.6) is 0 Å². The molecular formula is C18H20BrClN2. The van der Waals surface area contributed by atoms with Gasteiger partial charge in [-0.25, -0.2) is 0 Å². The number of benzene rings is 2. The smallest absolute Gasteiger partial charge is 0.0406 e. The quantitative estimate of drug-likeness (QED) is 0.776. The Bertz CT molecular complexity index is 607. The normalized spacial score (nSPS) is 16.8. The van der Waals surface area contributed by atoms with Gasteiger partial charge in [-0.2, -0.15) is 0 Å². The summed E-state index contributed by atoms with van der Waals surface area (Å²) in [4.78, 5) is 5.04. The Labute approximate surface area is 145 Å². The van der Waals surface area contributed by atoms with Gasteiger partial charge in [-0.05, 0) is 29.3 Å². The Morgan fingerprint density at radius 1 is 0.818 bits per heavy atom. The molecule has 0 spiro atoms. The molecule has 0 bridgehead atoms. The summed E-state index contributed by atoms with van der Waals surface area (Å²) >= 11 is 9.58. The molecule has 1 heterocycles. The Balaban J connectivity index is 1.50. The lowest BCUT2D eigenvalue weighted by atomic mass is 10.1. The van der Waals surface area contributed by atoms with Crippen molar-refractivity contribution in [3.8, 4) is 0 Å². The fourth-order valence-corrected chi connectivity index (χ4v) is 3.36. The van der Waals surface area contributed by atoms with Crippen molar-refractivity contribution in [2.24, 2.45) is 0 Å². The second-order valence-electron chi connectivity index (χ2n) is 5.77. The molecule has 2 nitrogen and oxygen atoms in total. The van der Waals surface area contributed by atoms with Crippen molar-refractivity contribution < 1.29 is 0 Å². The molecule has 22 heavy (non-hydrogen) atoms. The van der Waals surface area contributed by atoms with E-state index >= 15 is 0 Å².